The zero-order valence-corrected chi connectivity index (χ0v) is 11.9. The van der Waals surface area contributed by atoms with Crippen molar-refractivity contribution in [3.05, 3.63) is 52.5 Å². The van der Waals surface area contributed by atoms with Crippen molar-refractivity contribution in [2.75, 3.05) is 5.32 Å². The molecule has 7 heteroatoms. The van der Waals surface area contributed by atoms with Gasteiger partial charge in [0, 0.05) is 10.7 Å². The average Bonchev–Trinajstić information content (AvgIpc) is 2.32. The highest BCUT2D eigenvalue weighted by Gasteiger charge is 2.07. The molecule has 0 spiro atoms. The van der Waals surface area contributed by atoms with Gasteiger partial charge in [0.2, 0.25) is 10.0 Å². The monoisotopic (exact) mass is 316 g/mol. The Morgan fingerprint density at radius 1 is 1.00 bits per heavy atom. The van der Waals surface area contributed by atoms with Crippen LogP contribution in [0.3, 0.4) is 0 Å². The molecule has 0 saturated heterocycles. The second kappa shape index (κ2) is 5.38. The molecule has 19 heavy (non-hydrogen) atoms. The molecule has 0 radical (unpaired) electrons. The molecule has 0 aliphatic heterocycles. The fourth-order valence-electron chi connectivity index (χ4n) is 1.47. The summed E-state index contributed by atoms with van der Waals surface area (Å²) in [6.07, 6.45) is 0. The van der Waals surface area contributed by atoms with Gasteiger partial charge in [-0.05, 0) is 42.5 Å². The van der Waals surface area contributed by atoms with Crippen molar-refractivity contribution in [1.82, 2.24) is 0 Å². The van der Waals surface area contributed by atoms with Gasteiger partial charge in [0.05, 0.1) is 15.6 Å². The normalized spacial score (nSPS) is 11.3. The Bertz CT molecular complexity index is 700. The van der Waals surface area contributed by atoms with Crippen molar-refractivity contribution in [1.29, 1.82) is 0 Å². The molecule has 0 unspecified atom stereocenters. The zero-order chi connectivity index (χ0) is 14.0. The molecule has 0 fully saturated rings. The molecule has 0 amide bonds. The van der Waals surface area contributed by atoms with Crippen LogP contribution < -0.4 is 10.5 Å². The van der Waals surface area contributed by atoms with E-state index in [4.69, 9.17) is 28.3 Å². The summed E-state index contributed by atoms with van der Waals surface area (Å²) in [6, 6.07) is 11.1. The van der Waals surface area contributed by atoms with Crippen LogP contribution in [-0.4, -0.2) is 8.42 Å². The fourth-order valence-corrected chi connectivity index (χ4v) is 2.45. The van der Waals surface area contributed by atoms with Gasteiger partial charge >= 0.3 is 0 Å². The SMILES string of the molecule is NS(=O)(=O)c1ccc(Nc2ccc(Cl)cc2Cl)cc1. The smallest absolute Gasteiger partial charge is 0.238 e. The molecular formula is C12H10Cl2N2O2S. The minimum Gasteiger partial charge on any atom is -0.354 e. The van der Waals surface area contributed by atoms with Gasteiger partial charge in [-0.3, -0.25) is 0 Å². The van der Waals surface area contributed by atoms with Crippen molar-refractivity contribution in [2.24, 2.45) is 5.14 Å². The van der Waals surface area contributed by atoms with E-state index >= 15 is 0 Å². The van der Waals surface area contributed by atoms with E-state index in [0.717, 1.165) is 0 Å². The Labute approximate surface area is 121 Å². The molecule has 0 atom stereocenters. The minimum absolute atomic E-state index is 0.0558. The third-order valence-electron chi connectivity index (χ3n) is 2.39. The Kier molecular flexibility index (Phi) is 4.01. The van der Waals surface area contributed by atoms with Crippen LogP contribution in [0.5, 0.6) is 0 Å². The third kappa shape index (κ3) is 3.61. The maximum Gasteiger partial charge on any atom is 0.238 e. The maximum absolute atomic E-state index is 11.1. The van der Waals surface area contributed by atoms with E-state index in [1.807, 2.05) is 0 Å². The van der Waals surface area contributed by atoms with E-state index < -0.39 is 10.0 Å². The predicted octanol–water partition coefficient (Wildman–Crippen LogP) is 3.38. The van der Waals surface area contributed by atoms with E-state index in [2.05, 4.69) is 5.32 Å². The van der Waals surface area contributed by atoms with E-state index in [1.165, 1.54) is 12.1 Å². The highest BCUT2D eigenvalue weighted by molar-refractivity contribution is 7.89. The van der Waals surface area contributed by atoms with Crippen molar-refractivity contribution in [3.63, 3.8) is 0 Å². The van der Waals surface area contributed by atoms with Gasteiger partial charge < -0.3 is 5.32 Å². The predicted molar refractivity (Wildman–Crippen MR) is 77.6 cm³/mol. The number of rotatable bonds is 3. The molecule has 0 aliphatic carbocycles. The summed E-state index contributed by atoms with van der Waals surface area (Å²) in [5.41, 5.74) is 1.37. The number of hydrogen-bond acceptors (Lipinski definition) is 3. The standard InChI is InChI=1S/C12H10Cl2N2O2S/c13-8-1-6-12(11(14)7-8)16-9-2-4-10(5-3-9)19(15,17)18/h1-7,16H,(H2,15,17,18). The number of nitrogens with one attached hydrogen (secondary N) is 1. The van der Waals surface area contributed by atoms with Gasteiger partial charge in [-0.25, -0.2) is 13.6 Å². The summed E-state index contributed by atoms with van der Waals surface area (Å²) in [7, 11) is -3.68. The second-order valence-electron chi connectivity index (χ2n) is 3.82. The molecule has 0 heterocycles. The van der Waals surface area contributed by atoms with Gasteiger partial charge in [0.15, 0.2) is 0 Å². The van der Waals surface area contributed by atoms with Crippen LogP contribution in [0.1, 0.15) is 0 Å². The number of nitrogens with two attached hydrogens (primary N) is 1. The van der Waals surface area contributed by atoms with Crippen molar-refractivity contribution >= 4 is 44.6 Å². The first-order valence-corrected chi connectivity index (χ1v) is 7.51. The molecule has 2 aromatic rings. The van der Waals surface area contributed by atoms with Gasteiger partial charge in [-0.2, -0.15) is 0 Å². The third-order valence-corrected chi connectivity index (χ3v) is 3.87. The Morgan fingerprint density at radius 3 is 2.16 bits per heavy atom. The van der Waals surface area contributed by atoms with Crippen LogP contribution in [-0.2, 0) is 10.0 Å². The van der Waals surface area contributed by atoms with Crippen molar-refractivity contribution in [2.45, 2.75) is 4.90 Å². The lowest BCUT2D eigenvalue weighted by molar-refractivity contribution is 0.598. The van der Waals surface area contributed by atoms with Crippen LogP contribution in [0.4, 0.5) is 11.4 Å². The topological polar surface area (TPSA) is 72.2 Å². The number of sulfonamides is 1. The number of halogens is 2. The summed E-state index contributed by atoms with van der Waals surface area (Å²) in [5, 5.41) is 9.08. The first kappa shape index (κ1) is 14.1. The summed E-state index contributed by atoms with van der Waals surface area (Å²) < 4.78 is 22.2. The number of hydrogen-bond donors (Lipinski definition) is 2. The molecule has 0 bridgehead atoms. The first-order chi connectivity index (χ1) is 8.86. The van der Waals surface area contributed by atoms with E-state index in [0.29, 0.717) is 21.4 Å². The second-order valence-corrected chi connectivity index (χ2v) is 6.22. The molecule has 0 saturated carbocycles. The van der Waals surface area contributed by atoms with E-state index in [-0.39, 0.29) is 4.90 Å². The highest BCUT2D eigenvalue weighted by atomic mass is 35.5. The zero-order valence-electron chi connectivity index (χ0n) is 9.60. The highest BCUT2D eigenvalue weighted by Crippen LogP contribution is 2.28. The molecule has 100 valence electrons. The summed E-state index contributed by atoms with van der Waals surface area (Å²) in [6.45, 7) is 0. The molecule has 3 N–H and O–H groups in total. The van der Waals surface area contributed by atoms with Crippen LogP contribution in [0.15, 0.2) is 47.4 Å². The molecule has 2 rings (SSSR count). The van der Waals surface area contributed by atoms with Gasteiger partial charge in [-0.15, -0.1) is 0 Å². The summed E-state index contributed by atoms with van der Waals surface area (Å²) in [5.74, 6) is 0. The number of benzene rings is 2. The summed E-state index contributed by atoms with van der Waals surface area (Å²) >= 11 is 11.8. The molecule has 4 nitrogen and oxygen atoms in total. The molecule has 0 aromatic heterocycles. The minimum atomic E-state index is -3.68. The summed E-state index contributed by atoms with van der Waals surface area (Å²) in [4.78, 5) is 0.0558. The Morgan fingerprint density at radius 2 is 1.63 bits per heavy atom. The number of anilines is 2. The first-order valence-electron chi connectivity index (χ1n) is 5.21. The van der Waals surface area contributed by atoms with Crippen LogP contribution >= 0.6 is 23.2 Å². The van der Waals surface area contributed by atoms with E-state index in [1.54, 1.807) is 30.3 Å². The van der Waals surface area contributed by atoms with Crippen LogP contribution in [0.25, 0.3) is 0 Å². The molecule has 2 aromatic carbocycles. The van der Waals surface area contributed by atoms with Crippen molar-refractivity contribution in [3.8, 4) is 0 Å². The lowest BCUT2D eigenvalue weighted by Crippen LogP contribution is -2.11. The maximum atomic E-state index is 11.1. The van der Waals surface area contributed by atoms with Gasteiger partial charge in [0.25, 0.3) is 0 Å². The van der Waals surface area contributed by atoms with E-state index in [9.17, 15) is 8.42 Å². The molecule has 0 aliphatic rings. The quantitative estimate of drug-likeness (QED) is 0.911. The van der Waals surface area contributed by atoms with Crippen molar-refractivity contribution < 1.29 is 8.42 Å². The van der Waals surface area contributed by atoms with Gasteiger partial charge in [0.1, 0.15) is 0 Å². The lowest BCUT2D eigenvalue weighted by Gasteiger charge is -2.09. The van der Waals surface area contributed by atoms with Gasteiger partial charge in [-0.1, -0.05) is 23.2 Å². The largest absolute Gasteiger partial charge is 0.354 e. The number of primary sulfonamides is 1. The Balaban J connectivity index is 2.25. The lowest BCUT2D eigenvalue weighted by atomic mass is 10.2. The van der Waals surface area contributed by atoms with Crippen LogP contribution in [0.2, 0.25) is 10.0 Å². The average molecular weight is 317 g/mol. The van der Waals surface area contributed by atoms with Crippen LogP contribution in [0, 0.1) is 0 Å². The fraction of sp³-hybridized carbons (Fsp3) is 0. The Hall–Kier alpha value is -1.27. The molecular weight excluding hydrogens is 307 g/mol.